The molecule has 0 bridgehead atoms. The summed E-state index contributed by atoms with van der Waals surface area (Å²) < 4.78 is 5.74. The van der Waals surface area contributed by atoms with E-state index >= 15 is 0 Å². The van der Waals surface area contributed by atoms with Crippen molar-refractivity contribution in [3.8, 4) is 10.8 Å². The molecule has 0 saturated carbocycles. The summed E-state index contributed by atoms with van der Waals surface area (Å²) in [5.74, 6) is 1.32. The maximum Gasteiger partial charge on any atom is 0.257 e. The van der Waals surface area contributed by atoms with Crippen molar-refractivity contribution in [1.82, 2.24) is 20.4 Å². The zero-order valence-corrected chi connectivity index (χ0v) is 12.0. The van der Waals surface area contributed by atoms with Crippen molar-refractivity contribution in [3.63, 3.8) is 0 Å². The Kier molecular flexibility index (Phi) is 3.63. The zero-order chi connectivity index (χ0) is 13.2. The third-order valence-corrected chi connectivity index (χ3v) is 4.29. The summed E-state index contributed by atoms with van der Waals surface area (Å²) in [5.41, 5.74) is 0. The Morgan fingerprint density at radius 3 is 3.16 bits per heavy atom. The van der Waals surface area contributed by atoms with Gasteiger partial charge in [-0.3, -0.25) is 4.90 Å². The van der Waals surface area contributed by atoms with Gasteiger partial charge in [0.1, 0.15) is 0 Å². The van der Waals surface area contributed by atoms with Gasteiger partial charge in [-0.05, 0) is 25.3 Å². The molecule has 0 amide bonds. The average Bonchev–Trinajstić information content (AvgIpc) is 3.04. The molecular formula is C13H18N4OS. The zero-order valence-electron chi connectivity index (χ0n) is 11.2. The number of nitrogens with zero attached hydrogens (tertiary/aromatic N) is 3. The van der Waals surface area contributed by atoms with E-state index in [-0.39, 0.29) is 0 Å². The van der Waals surface area contributed by atoms with Crippen LogP contribution < -0.4 is 5.32 Å². The van der Waals surface area contributed by atoms with Crippen molar-refractivity contribution >= 4 is 11.3 Å². The van der Waals surface area contributed by atoms with Crippen molar-refractivity contribution in [2.45, 2.75) is 32.5 Å². The Balaban J connectivity index is 1.70. The maximum atomic E-state index is 5.74. The molecule has 2 aromatic rings. The average molecular weight is 278 g/mol. The summed E-state index contributed by atoms with van der Waals surface area (Å²) in [6.07, 6.45) is 0. The predicted octanol–water partition coefficient (Wildman–Crippen LogP) is 1.98. The SMILES string of the molecule is CC1CN(Cc2nnc(-c3cccs3)o2)C(C)CN1. The quantitative estimate of drug-likeness (QED) is 0.930. The molecule has 0 aromatic carbocycles. The molecule has 3 heterocycles. The van der Waals surface area contributed by atoms with Crippen LogP contribution in [0.2, 0.25) is 0 Å². The largest absolute Gasteiger partial charge is 0.419 e. The van der Waals surface area contributed by atoms with Crippen LogP contribution in [0.3, 0.4) is 0 Å². The van der Waals surface area contributed by atoms with Gasteiger partial charge in [0.25, 0.3) is 5.89 Å². The molecule has 1 saturated heterocycles. The third kappa shape index (κ3) is 2.86. The minimum atomic E-state index is 0.494. The van der Waals surface area contributed by atoms with E-state index in [0.29, 0.717) is 23.9 Å². The van der Waals surface area contributed by atoms with Gasteiger partial charge in [-0.1, -0.05) is 6.07 Å². The van der Waals surface area contributed by atoms with E-state index in [1.54, 1.807) is 11.3 Å². The van der Waals surface area contributed by atoms with Gasteiger partial charge in [0.2, 0.25) is 5.89 Å². The van der Waals surface area contributed by atoms with E-state index in [2.05, 4.69) is 34.3 Å². The summed E-state index contributed by atoms with van der Waals surface area (Å²) in [4.78, 5) is 3.41. The monoisotopic (exact) mass is 278 g/mol. The molecule has 1 aliphatic heterocycles. The number of aromatic nitrogens is 2. The van der Waals surface area contributed by atoms with Gasteiger partial charge in [0.05, 0.1) is 11.4 Å². The van der Waals surface area contributed by atoms with E-state index in [9.17, 15) is 0 Å². The highest BCUT2D eigenvalue weighted by Crippen LogP contribution is 2.23. The van der Waals surface area contributed by atoms with Crippen LogP contribution in [-0.4, -0.2) is 40.3 Å². The van der Waals surface area contributed by atoms with Gasteiger partial charge in [-0.2, -0.15) is 0 Å². The molecule has 5 nitrogen and oxygen atoms in total. The van der Waals surface area contributed by atoms with Gasteiger partial charge in [0, 0.05) is 25.2 Å². The molecule has 2 atom stereocenters. The second kappa shape index (κ2) is 5.40. The maximum absolute atomic E-state index is 5.74. The van der Waals surface area contributed by atoms with Crippen LogP contribution in [0.25, 0.3) is 10.8 Å². The molecule has 3 rings (SSSR count). The lowest BCUT2D eigenvalue weighted by molar-refractivity contribution is 0.127. The molecule has 0 spiro atoms. The molecule has 2 unspecified atom stereocenters. The van der Waals surface area contributed by atoms with E-state index in [4.69, 9.17) is 4.42 Å². The predicted molar refractivity (Wildman–Crippen MR) is 74.9 cm³/mol. The van der Waals surface area contributed by atoms with E-state index in [1.165, 1.54) is 0 Å². The highest BCUT2D eigenvalue weighted by atomic mass is 32.1. The summed E-state index contributed by atoms with van der Waals surface area (Å²) in [6, 6.07) is 4.99. The smallest absolute Gasteiger partial charge is 0.257 e. The molecule has 0 radical (unpaired) electrons. The minimum absolute atomic E-state index is 0.494. The Hall–Kier alpha value is -1.24. The van der Waals surface area contributed by atoms with Gasteiger partial charge >= 0.3 is 0 Å². The summed E-state index contributed by atoms with van der Waals surface area (Å²) in [5, 5.41) is 13.8. The lowest BCUT2D eigenvalue weighted by Gasteiger charge is -2.36. The van der Waals surface area contributed by atoms with Crippen LogP contribution in [0.15, 0.2) is 21.9 Å². The van der Waals surface area contributed by atoms with Crippen molar-refractivity contribution in [3.05, 3.63) is 23.4 Å². The molecule has 19 heavy (non-hydrogen) atoms. The second-order valence-corrected chi connectivity index (χ2v) is 6.01. The number of nitrogens with one attached hydrogen (secondary N) is 1. The molecule has 6 heteroatoms. The van der Waals surface area contributed by atoms with Crippen molar-refractivity contribution in [2.24, 2.45) is 0 Å². The van der Waals surface area contributed by atoms with Crippen LogP contribution in [0.1, 0.15) is 19.7 Å². The van der Waals surface area contributed by atoms with Crippen LogP contribution in [0, 0.1) is 0 Å². The second-order valence-electron chi connectivity index (χ2n) is 5.07. The lowest BCUT2D eigenvalue weighted by atomic mass is 10.1. The summed E-state index contributed by atoms with van der Waals surface area (Å²) in [6.45, 7) is 7.16. The van der Waals surface area contributed by atoms with Gasteiger partial charge < -0.3 is 9.73 Å². The van der Waals surface area contributed by atoms with Crippen LogP contribution >= 0.6 is 11.3 Å². The molecule has 1 aliphatic rings. The fraction of sp³-hybridized carbons (Fsp3) is 0.538. The molecule has 102 valence electrons. The highest BCUT2D eigenvalue weighted by Gasteiger charge is 2.24. The topological polar surface area (TPSA) is 54.2 Å². The highest BCUT2D eigenvalue weighted by molar-refractivity contribution is 7.13. The Labute approximate surface area is 116 Å². The summed E-state index contributed by atoms with van der Waals surface area (Å²) >= 11 is 1.62. The normalized spacial score (nSPS) is 24.7. The Bertz CT molecular complexity index is 524. The minimum Gasteiger partial charge on any atom is -0.419 e. The van der Waals surface area contributed by atoms with Gasteiger partial charge in [0.15, 0.2) is 0 Å². The van der Waals surface area contributed by atoms with Gasteiger partial charge in [-0.15, -0.1) is 21.5 Å². The standard InChI is InChI=1S/C13H18N4OS/c1-9-7-17(10(2)6-14-9)8-12-15-16-13(18-12)11-4-3-5-19-11/h3-5,9-10,14H,6-8H2,1-2H3. The molecular weight excluding hydrogens is 260 g/mol. The number of thiophene rings is 1. The molecule has 0 aliphatic carbocycles. The number of hydrogen-bond acceptors (Lipinski definition) is 6. The first-order chi connectivity index (χ1) is 9.22. The van der Waals surface area contributed by atoms with Crippen molar-refractivity contribution in [1.29, 1.82) is 0 Å². The molecule has 2 aromatic heterocycles. The first-order valence-electron chi connectivity index (χ1n) is 6.56. The van der Waals surface area contributed by atoms with Crippen LogP contribution in [-0.2, 0) is 6.54 Å². The molecule has 1 N–H and O–H groups in total. The Morgan fingerprint density at radius 1 is 1.47 bits per heavy atom. The first-order valence-corrected chi connectivity index (χ1v) is 7.44. The fourth-order valence-electron chi connectivity index (χ4n) is 2.31. The van der Waals surface area contributed by atoms with Crippen molar-refractivity contribution in [2.75, 3.05) is 13.1 Å². The van der Waals surface area contributed by atoms with Crippen molar-refractivity contribution < 1.29 is 4.42 Å². The van der Waals surface area contributed by atoms with E-state index in [0.717, 1.165) is 24.5 Å². The molecule has 1 fully saturated rings. The fourth-order valence-corrected chi connectivity index (χ4v) is 2.95. The third-order valence-electron chi connectivity index (χ3n) is 3.43. The number of hydrogen-bond donors (Lipinski definition) is 1. The number of piperazine rings is 1. The summed E-state index contributed by atoms with van der Waals surface area (Å²) in [7, 11) is 0. The van der Waals surface area contributed by atoms with Crippen LogP contribution in [0.5, 0.6) is 0 Å². The van der Waals surface area contributed by atoms with Gasteiger partial charge in [-0.25, -0.2) is 0 Å². The van der Waals surface area contributed by atoms with Crippen LogP contribution in [0.4, 0.5) is 0 Å². The van der Waals surface area contributed by atoms with E-state index < -0.39 is 0 Å². The first kappa shape index (κ1) is 12.8. The van der Waals surface area contributed by atoms with E-state index in [1.807, 2.05) is 17.5 Å². The lowest BCUT2D eigenvalue weighted by Crippen LogP contribution is -2.53. The Morgan fingerprint density at radius 2 is 2.37 bits per heavy atom. The number of rotatable bonds is 3.